The zero-order valence-electron chi connectivity index (χ0n) is 50.2. The van der Waals surface area contributed by atoms with Crippen LogP contribution in [0.15, 0.2) is 109 Å². The Hall–Kier alpha value is -5.06. The van der Waals surface area contributed by atoms with E-state index in [-0.39, 0.29) is 74.4 Å². The summed E-state index contributed by atoms with van der Waals surface area (Å²) in [6.45, 7) is 39.7. The molecular formula is C66H77BN2S. The first-order chi connectivity index (χ1) is 34.6. The van der Waals surface area contributed by atoms with Crippen molar-refractivity contribution in [1.29, 1.82) is 0 Å². The molecule has 6 aromatic carbocycles. The highest BCUT2D eigenvalue weighted by molar-refractivity contribution is 7.26. The molecule has 0 amide bonds. The number of nitrogens with zero attached hydrogens (tertiary/aromatic N) is 2. The molecule has 0 N–H and O–H groups in total. The molecule has 3 heterocycles. The second kappa shape index (κ2) is 15.2. The highest BCUT2D eigenvalue weighted by atomic mass is 32.1. The van der Waals surface area contributed by atoms with E-state index in [1.165, 1.54) is 65.0 Å². The smallest absolute Gasteiger partial charge is 0.254 e. The van der Waals surface area contributed by atoms with E-state index >= 15 is 0 Å². The molecule has 0 radical (unpaired) electrons. The van der Waals surface area contributed by atoms with E-state index in [4.69, 9.17) is 4.11 Å². The maximum absolute atomic E-state index is 9.55. The Morgan fingerprint density at radius 3 is 1.57 bits per heavy atom. The summed E-state index contributed by atoms with van der Waals surface area (Å²) in [5.41, 5.74) is 18.4. The standard InChI is InChI=1S/C66H77BN2S/c1-60(2,3)42-23-26-52-53(36-42)68(46-34-43(61(4,5)6)33-44(35-46)62(7,8)9)54-31-41(40-21-19-18-20-22-40)32-55-58(54)67(52)57-47-38-50-51(66(16,17)30-29-65(50,14)15)39-56(47)70-59(57)69(55)45-24-25-48-49(37-45)64(12,13)28-27-63(48,10)11/h18-26,31-39H,27-30H2,1-17H3/i18D,19D,20D,21D,22D. The molecule has 4 aliphatic rings. The van der Waals surface area contributed by atoms with Crippen LogP contribution in [0.1, 0.15) is 189 Å². The summed E-state index contributed by atoms with van der Waals surface area (Å²) in [6.07, 6.45) is 4.44. The average molecular weight is 946 g/mol. The predicted octanol–water partition coefficient (Wildman–Crippen LogP) is 17.2. The minimum absolute atomic E-state index is 0.00723. The van der Waals surface area contributed by atoms with Gasteiger partial charge in [0.1, 0.15) is 0 Å². The van der Waals surface area contributed by atoms with Crippen molar-refractivity contribution in [3.63, 3.8) is 0 Å². The quantitative estimate of drug-likeness (QED) is 0.163. The zero-order valence-corrected chi connectivity index (χ0v) is 46.0. The van der Waals surface area contributed by atoms with Crippen LogP contribution < -0.4 is 26.2 Å². The van der Waals surface area contributed by atoms with Gasteiger partial charge < -0.3 is 9.80 Å². The lowest BCUT2D eigenvalue weighted by atomic mass is 9.33. The lowest BCUT2D eigenvalue weighted by molar-refractivity contribution is 0.332. The van der Waals surface area contributed by atoms with Crippen LogP contribution in [-0.2, 0) is 37.9 Å². The largest absolute Gasteiger partial charge is 0.311 e. The summed E-state index contributed by atoms with van der Waals surface area (Å²) in [5, 5.41) is 2.46. The second-order valence-corrected chi connectivity index (χ2v) is 28.3. The summed E-state index contributed by atoms with van der Waals surface area (Å²) in [7, 11) is 0. The van der Waals surface area contributed by atoms with E-state index in [1.807, 2.05) is 11.3 Å². The molecule has 0 atom stereocenters. The van der Waals surface area contributed by atoms with Crippen molar-refractivity contribution in [2.75, 3.05) is 9.80 Å². The maximum Gasteiger partial charge on any atom is 0.254 e. The van der Waals surface area contributed by atoms with Crippen LogP contribution in [-0.4, -0.2) is 6.71 Å². The summed E-state index contributed by atoms with van der Waals surface area (Å²) in [5.74, 6) is 0. The van der Waals surface area contributed by atoms with Crippen molar-refractivity contribution in [3.05, 3.63) is 148 Å². The Balaban J connectivity index is 1.35. The summed E-state index contributed by atoms with van der Waals surface area (Å²) >= 11 is 1.88. The first kappa shape index (κ1) is 41.6. The number of hydrogen-bond donors (Lipinski definition) is 0. The second-order valence-electron chi connectivity index (χ2n) is 27.3. The van der Waals surface area contributed by atoms with Crippen LogP contribution in [0.25, 0.3) is 21.2 Å². The van der Waals surface area contributed by atoms with Crippen molar-refractivity contribution < 1.29 is 6.85 Å². The van der Waals surface area contributed by atoms with Crippen molar-refractivity contribution in [1.82, 2.24) is 0 Å². The van der Waals surface area contributed by atoms with Gasteiger partial charge in [0.05, 0.1) is 11.9 Å². The molecule has 0 saturated heterocycles. The first-order valence-electron chi connectivity index (χ1n) is 28.5. The maximum atomic E-state index is 9.55. The Kier molecular flexibility index (Phi) is 9.04. The Labute approximate surface area is 433 Å². The number of fused-ring (bicyclic) bond motifs is 8. The molecule has 70 heavy (non-hydrogen) atoms. The minimum atomic E-state index is -0.391. The fraction of sp³-hybridized carbons (Fsp3) is 0.424. The summed E-state index contributed by atoms with van der Waals surface area (Å²) in [6, 6.07) is 29.5. The SMILES string of the molecule is [2H]c1c([2H])c([2H])c(-c2cc3c4c(c2)N(c2ccc5c(c2)C(C)(C)CCC5(C)C)c2sc5cc6c(cc5c2B4c2ccc(C(C)(C)C)cc2N3c2cc(C(C)(C)C)cc(C(C)(C)C)c2)C(C)(C)CCC6(C)C)c([2H])c1[2H]. The van der Waals surface area contributed by atoms with Crippen molar-refractivity contribution >= 4 is 78.0 Å². The number of anilines is 6. The van der Waals surface area contributed by atoms with Gasteiger partial charge >= 0.3 is 0 Å². The van der Waals surface area contributed by atoms with Crippen LogP contribution in [0.4, 0.5) is 33.4 Å². The van der Waals surface area contributed by atoms with Gasteiger partial charge in [0.15, 0.2) is 0 Å². The monoisotopic (exact) mass is 946 g/mol. The highest BCUT2D eigenvalue weighted by Gasteiger charge is 2.48. The number of hydrogen-bond acceptors (Lipinski definition) is 3. The summed E-state index contributed by atoms with van der Waals surface area (Å²) in [4.78, 5) is 4.99. The number of benzene rings is 6. The fourth-order valence-corrected chi connectivity index (χ4v) is 13.7. The van der Waals surface area contributed by atoms with Gasteiger partial charge in [0.2, 0.25) is 0 Å². The van der Waals surface area contributed by atoms with E-state index < -0.39 is 6.04 Å². The highest BCUT2D eigenvalue weighted by Crippen LogP contribution is 2.55. The van der Waals surface area contributed by atoms with Crippen molar-refractivity contribution in [3.8, 4) is 11.1 Å². The van der Waals surface area contributed by atoms with Gasteiger partial charge in [-0.2, -0.15) is 0 Å². The third-order valence-electron chi connectivity index (χ3n) is 17.3. The zero-order chi connectivity index (χ0) is 54.4. The van der Waals surface area contributed by atoms with E-state index in [0.717, 1.165) is 59.6 Å². The number of thiophene rings is 1. The molecule has 2 aliphatic carbocycles. The van der Waals surface area contributed by atoms with Gasteiger partial charge in [-0.05, 0) is 190 Å². The minimum Gasteiger partial charge on any atom is -0.311 e. The van der Waals surface area contributed by atoms with Crippen LogP contribution in [0.3, 0.4) is 0 Å². The summed E-state index contributed by atoms with van der Waals surface area (Å²) < 4.78 is 47.1. The van der Waals surface area contributed by atoms with E-state index in [1.54, 1.807) is 0 Å². The molecule has 1 aromatic heterocycles. The van der Waals surface area contributed by atoms with Gasteiger partial charge in [0.25, 0.3) is 6.71 Å². The third-order valence-corrected chi connectivity index (χ3v) is 18.5. The van der Waals surface area contributed by atoms with E-state index in [9.17, 15) is 2.74 Å². The average Bonchev–Trinajstić information content (AvgIpc) is 3.77. The lowest BCUT2D eigenvalue weighted by Crippen LogP contribution is -2.61. The van der Waals surface area contributed by atoms with Gasteiger partial charge in [-0.1, -0.05) is 172 Å². The van der Waals surface area contributed by atoms with Gasteiger partial charge in [-0.15, -0.1) is 11.3 Å². The predicted molar refractivity (Wildman–Crippen MR) is 308 cm³/mol. The molecule has 0 spiro atoms. The normalized spacial score (nSPS) is 19.5. The molecule has 360 valence electrons. The Morgan fingerprint density at radius 1 is 0.471 bits per heavy atom. The number of rotatable bonds is 3. The molecule has 11 rings (SSSR count). The van der Waals surface area contributed by atoms with Crippen LogP contribution in [0.5, 0.6) is 0 Å². The van der Waals surface area contributed by atoms with Crippen LogP contribution in [0, 0.1) is 0 Å². The molecule has 2 nitrogen and oxygen atoms in total. The molecule has 7 aromatic rings. The van der Waals surface area contributed by atoms with E-state index in [2.05, 4.69) is 206 Å². The van der Waals surface area contributed by atoms with Crippen molar-refractivity contribution in [2.24, 2.45) is 0 Å². The molecular weight excluding hydrogens is 864 g/mol. The molecule has 4 heteroatoms. The van der Waals surface area contributed by atoms with Gasteiger partial charge in [-0.25, -0.2) is 0 Å². The molecule has 0 saturated carbocycles. The third kappa shape index (κ3) is 7.38. The topological polar surface area (TPSA) is 6.48 Å². The molecule has 2 aliphatic heterocycles. The molecule has 0 bridgehead atoms. The van der Waals surface area contributed by atoms with Crippen molar-refractivity contribution in [2.45, 2.75) is 181 Å². The van der Waals surface area contributed by atoms with Gasteiger partial charge in [0, 0.05) is 33.1 Å². The van der Waals surface area contributed by atoms with Gasteiger partial charge in [-0.3, -0.25) is 0 Å². The first-order valence-corrected chi connectivity index (χ1v) is 26.9. The lowest BCUT2D eigenvalue weighted by Gasteiger charge is -2.45. The molecule has 0 unspecified atom stereocenters. The van der Waals surface area contributed by atoms with Crippen LogP contribution in [0.2, 0.25) is 0 Å². The Bertz CT molecular complexity index is 3530. The fourth-order valence-electron chi connectivity index (χ4n) is 12.4. The van der Waals surface area contributed by atoms with Crippen LogP contribution >= 0.6 is 11.3 Å². The molecule has 0 fully saturated rings. The van der Waals surface area contributed by atoms with E-state index in [0.29, 0.717) is 5.56 Å². The Morgan fingerprint density at radius 2 is 1.00 bits per heavy atom.